The van der Waals surface area contributed by atoms with Crippen molar-refractivity contribution in [2.75, 3.05) is 0 Å². The van der Waals surface area contributed by atoms with Crippen molar-refractivity contribution >= 4 is 11.8 Å². The zero-order valence-electron chi connectivity index (χ0n) is 12.7. The summed E-state index contributed by atoms with van der Waals surface area (Å²) in [7, 11) is 0. The van der Waals surface area contributed by atoms with Crippen LogP contribution in [0, 0.1) is 0 Å². The summed E-state index contributed by atoms with van der Waals surface area (Å²) in [6.07, 6.45) is 3.14. The van der Waals surface area contributed by atoms with Crippen molar-refractivity contribution in [2.24, 2.45) is 0 Å². The average Bonchev–Trinajstić information content (AvgIpc) is 2.50. The van der Waals surface area contributed by atoms with Crippen molar-refractivity contribution < 1.29 is 29.6 Å². The van der Waals surface area contributed by atoms with Gasteiger partial charge in [-0.3, -0.25) is 9.59 Å². The number of allylic oxidation sites excluding steroid dienone is 1. The van der Waals surface area contributed by atoms with Crippen LogP contribution in [0.1, 0.15) is 57.8 Å². The molecule has 1 heterocycles. The van der Waals surface area contributed by atoms with Crippen LogP contribution >= 0.6 is 0 Å². The number of carboxylic acids is 1. The fraction of sp³-hybridized carbons (Fsp3) is 0.750. The summed E-state index contributed by atoms with van der Waals surface area (Å²) in [6.45, 7) is 0. The first kappa shape index (κ1) is 17.0. The Balaban J connectivity index is 1.76. The standard InChI is InChI=1S/C16H24O6/c17-11(4-2-1-3-5-15(19)20)14-8-6-10-13(22-14)9-7-12(18)16(10)21/h11-12,14,17-18H,1-9H2,(H,19,20). The lowest BCUT2D eigenvalue weighted by Gasteiger charge is -2.34. The molecule has 0 aromatic rings. The maximum absolute atomic E-state index is 11.8. The zero-order chi connectivity index (χ0) is 16.1. The maximum Gasteiger partial charge on any atom is 0.303 e. The number of carbonyl (C=O) groups is 2. The summed E-state index contributed by atoms with van der Waals surface area (Å²) in [4.78, 5) is 22.2. The molecule has 2 rings (SSSR count). The van der Waals surface area contributed by atoms with Crippen LogP contribution in [0.15, 0.2) is 11.3 Å². The third-order valence-corrected chi connectivity index (χ3v) is 4.37. The SMILES string of the molecule is O=C(O)CCCCCC(O)C1CCC2=C(CCC(O)C2=O)O1. The molecule has 2 aliphatic rings. The molecule has 0 spiro atoms. The van der Waals surface area contributed by atoms with Crippen molar-refractivity contribution in [2.45, 2.75) is 76.1 Å². The van der Waals surface area contributed by atoms with Crippen molar-refractivity contribution in [3.05, 3.63) is 11.3 Å². The number of ketones is 1. The van der Waals surface area contributed by atoms with Gasteiger partial charge in [0.2, 0.25) is 0 Å². The van der Waals surface area contributed by atoms with E-state index in [1.165, 1.54) is 0 Å². The minimum atomic E-state index is -0.905. The summed E-state index contributed by atoms with van der Waals surface area (Å²) in [5.74, 6) is -0.390. The van der Waals surface area contributed by atoms with Gasteiger partial charge in [0.15, 0.2) is 5.78 Å². The van der Waals surface area contributed by atoms with E-state index in [9.17, 15) is 19.8 Å². The van der Waals surface area contributed by atoms with E-state index >= 15 is 0 Å². The summed E-state index contributed by atoms with van der Waals surface area (Å²) in [6, 6.07) is 0. The number of hydrogen-bond acceptors (Lipinski definition) is 5. The third-order valence-electron chi connectivity index (χ3n) is 4.37. The van der Waals surface area contributed by atoms with E-state index in [2.05, 4.69) is 0 Å². The lowest BCUT2D eigenvalue weighted by molar-refractivity contribution is -0.137. The molecule has 6 nitrogen and oxygen atoms in total. The second-order valence-electron chi connectivity index (χ2n) is 6.08. The molecule has 0 aromatic heterocycles. The molecule has 1 aliphatic carbocycles. The van der Waals surface area contributed by atoms with E-state index in [-0.39, 0.29) is 18.3 Å². The normalized spacial score (nSPS) is 26.4. The first-order chi connectivity index (χ1) is 10.5. The molecule has 22 heavy (non-hydrogen) atoms. The van der Waals surface area contributed by atoms with Crippen molar-refractivity contribution in [1.29, 1.82) is 0 Å². The van der Waals surface area contributed by atoms with Crippen LogP contribution < -0.4 is 0 Å². The van der Waals surface area contributed by atoms with E-state index in [0.717, 1.165) is 12.8 Å². The number of rotatable bonds is 7. The van der Waals surface area contributed by atoms with Crippen molar-refractivity contribution in [3.8, 4) is 0 Å². The van der Waals surface area contributed by atoms with Gasteiger partial charge in [0.25, 0.3) is 0 Å². The van der Waals surface area contributed by atoms with Crippen LogP contribution in [0.5, 0.6) is 0 Å². The molecule has 0 bridgehead atoms. The molecule has 0 aromatic carbocycles. The first-order valence-corrected chi connectivity index (χ1v) is 8.00. The van der Waals surface area contributed by atoms with Crippen LogP contribution in [0.3, 0.4) is 0 Å². The van der Waals surface area contributed by atoms with Crippen LogP contribution in [-0.4, -0.2) is 45.4 Å². The molecule has 1 aliphatic heterocycles. The van der Waals surface area contributed by atoms with Gasteiger partial charge in [-0.2, -0.15) is 0 Å². The monoisotopic (exact) mass is 312 g/mol. The van der Waals surface area contributed by atoms with Gasteiger partial charge >= 0.3 is 5.97 Å². The van der Waals surface area contributed by atoms with Gasteiger partial charge in [0, 0.05) is 18.4 Å². The van der Waals surface area contributed by atoms with Gasteiger partial charge < -0.3 is 20.1 Å². The molecule has 0 amide bonds. The summed E-state index contributed by atoms with van der Waals surface area (Å²) in [5, 5.41) is 28.3. The zero-order valence-corrected chi connectivity index (χ0v) is 12.7. The molecule has 0 fully saturated rings. The number of ether oxygens (including phenoxy) is 1. The van der Waals surface area contributed by atoms with Gasteiger partial charge in [-0.05, 0) is 32.1 Å². The van der Waals surface area contributed by atoms with Crippen LogP contribution in [0.2, 0.25) is 0 Å². The molecular weight excluding hydrogens is 288 g/mol. The number of hydrogen-bond donors (Lipinski definition) is 3. The fourth-order valence-electron chi connectivity index (χ4n) is 3.07. The van der Waals surface area contributed by atoms with Crippen molar-refractivity contribution in [3.63, 3.8) is 0 Å². The van der Waals surface area contributed by atoms with Gasteiger partial charge in [0.05, 0.1) is 6.10 Å². The first-order valence-electron chi connectivity index (χ1n) is 8.00. The van der Waals surface area contributed by atoms with E-state index in [1.807, 2.05) is 0 Å². The molecule has 6 heteroatoms. The largest absolute Gasteiger partial charge is 0.492 e. The van der Waals surface area contributed by atoms with Crippen LogP contribution in [0.4, 0.5) is 0 Å². The molecule has 0 radical (unpaired) electrons. The molecule has 124 valence electrons. The Morgan fingerprint density at radius 3 is 2.73 bits per heavy atom. The summed E-state index contributed by atoms with van der Waals surface area (Å²) < 4.78 is 5.77. The Labute approximate surface area is 129 Å². The van der Waals surface area contributed by atoms with Crippen LogP contribution in [-0.2, 0) is 14.3 Å². The smallest absolute Gasteiger partial charge is 0.303 e. The Morgan fingerprint density at radius 1 is 1.23 bits per heavy atom. The predicted molar refractivity (Wildman–Crippen MR) is 78.1 cm³/mol. The van der Waals surface area contributed by atoms with Gasteiger partial charge in [-0.25, -0.2) is 0 Å². The Morgan fingerprint density at radius 2 is 2.00 bits per heavy atom. The third kappa shape index (κ3) is 4.30. The number of aliphatic hydroxyl groups is 2. The van der Waals surface area contributed by atoms with E-state index < -0.39 is 18.2 Å². The average molecular weight is 312 g/mol. The van der Waals surface area contributed by atoms with Crippen molar-refractivity contribution in [1.82, 2.24) is 0 Å². The van der Waals surface area contributed by atoms with Gasteiger partial charge in [0.1, 0.15) is 18.0 Å². The molecular formula is C16H24O6. The number of Topliss-reactive ketones (excluding diaryl/α,β-unsaturated/α-hetero) is 1. The van der Waals surface area contributed by atoms with E-state index in [4.69, 9.17) is 9.84 Å². The van der Waals surface area contributed by atoms with E-state index in [0.29, 0.717) is 49.9 Å². The number of carboxylic acid groups (broad SMARTS) is 1. The lowest BCUT2D eigenvalue weighted by Crippen LogP contribution is -2.37. The van der Waals surface area contributed by atoms with Gasteiger partial charge in [-0.1, -0.05) is 12.8 Å². The topological polar surface area (TPSA) is 104 Å². The highest BCUT2D eigenvalue weighted by Crippen LogP contribution is 2.34. The predicted octanol–water partition coefficient (Wildman–Crippen LogP) is 1.54. The number of aliphatic hydroxyl groups excluding tert-OH is 2. The highest BCUT2D eigenvalue weighted by Gasteiger charge is 2.35. The molecule has 0 saturated carbocycles. The number of aliphatic carboxylic acids is 1. The minimum Gasteiger partial charge on any atom is -0.492 e. The molecule has 3 unspecified atom stereocenters. The molecule has 3 N–H and O–H groups in total. The maximum atomic E-state index is 11.8. The lowest BCUT2D eigenvalue weighted by atomic mass is 9.87. The highest BCUT2D eigenvalue weighted by molar-refractivity contribution is 6.00. The minimum absolute atomic E-state index is 0.163. The quantitative estimate of drug-likeness (QED) is 0.616. The Kier molecular flexibility index (Phi) is 5.97. The second kappa shape index (κ2) is 7.74. The fourth-order valence-corrected chi connectivity index (χ4v) is 3.07. The highest BCUT2D eigenvalue weighted by atomic mass is 16.5. The summed E-state index contributed by atoms with van der Waals surface area (Å²) in [5.41, 5.74) is 0.587. The molecule has 0 saturated heterocycles. The molecule has 3 atom stereocenters. The Hall–Kier alpha value is -1.40. The number of carbonyl (C=O) groups excluding carboxylic acids is 1. The Bertz CT molecular complexity index is 456. The van der Waals surface area contributed by atoms with E-state index in [1.54, 1.807) is 0 Å². The van der Waals surface area contributed by atoms with Gasteiger partial charge in [-0.15, -0.1) is 0 Å². The number of unbranched alkanes of at least 4 members (excludes halogenated alkanes) is 2. The van der Waals surface area contributed by atoms with Crippen LogP contribution in [0.25, 0.3) is 0 Å². The summed E-state index contributed by atoms with van der Waals surface area (Å²) >= 11 is 0. The second-order valence-corrected chi connectivity index (χ2v) is 6.08.